The fraction of sp³-hybridized carbons (Fsp3) is 0.138. The Labute approximate surface area is 203 Å². The van der Waals surface area contributed by atoms with Crippen molar-refractivity contribution in [2.75, 3.05) is 6.54 Å². The maximum absolute atomic E-state index is 12.8. The van der Waals surface area contributed by atoms with Crippen LogP contribution in [0, 0.1) is 0 Å². The molecule has 35 heavy (non-hydrogen) atoms. The number of imidazole rings is 1. The van der Waals surface area contributed by atoms with Gasteiger partial charge in [0, 0.05) is 18.5 Å². The quantitative estimate of drug-likeness (QED) is 0.305. The summed E-state index contributed by atoms with van der Waals surface area (Å²) in [5.74, 6) is 0.371. The first-order valence-corrected chi connectivity index (χ1v) is 11.7. The van der Waals surface area contributed by atoms with Gasteiger partial charge < -0.3 is 15.6 Å². The number of hydrogen-bond donors (Lipinski definition) is 3. The van der Waals surface area contributed by atoms with E-state index in [1.54, 1.807) is 6.07 Å². The minimum absolute atomic E-state index is 0.148. The van der Waals surface area contributed by atoms with Crippen LogP contribution < -0.4 is 10.6 Å². The minimum atomic E-state index is -0.312. The first-order chi connectivity index (χ1) is 17.2. The van der Waals surface area contributed by atoms with Gasteiger partial charge in [0.2, 0.25) is 5.91 Å². The van der Waals surface area contributed by atoms with E-state index in [2.05, 4.69) is 15.6 Å². The largest absolute Gasteiger partial charge is 0.352 e. The Bertz CT molecular complexity index is 1440. The van der Waals surface area contributed by atoms with E-state index in [0.717, 1.165) is 27.4 Å². The van der Waals surface area contributed by atoms with E-state index in [1.807, 2.05) is 91.0 Å². The van der Waals surface area contributed by atoms with E-state index < -0.39 is 0 Å². The SMILES string of the molecule is O=C(CCNC(=O)c1ccc2ccccc2c1)N[C@@H](Cc1ccccc1)c1nc2ccccc2[nH]1. The molecule has 0 aliphatic heterocycles. The van der Waals surface area contributed by atoms with Gasteiger partial charge in [-0.3, -0.25) is 9.59 Å². The third-order valence-electron chi connectivity index (χ3n) is 6.00. The van der Waals surface area contributed by atoms with Gasteiger partial charge >= 0.3 is 0 Å². The van der Waals surface area contributed by atoms with Crippen LogP contribution in [0.25, 0.3) is 21.8 Å². The van der Waals surface area contributed by atoms with E-state index in [0.29, 0.717) is 17.8 Å². The normalized spacial score (nSPS) is 11.9. The third kappa shape index (κ3) is 5.38. The number of carbonyl (C=O) groups excluding carboxylic acids is 2. The molecule has 0 unspecified atom stereocenters. The van der Waals surface area contributed by atoms with Gasteiger partial charge in [0.1, 0.15) is 5.82 Å². The highest BCUT2D eigenvalue weighted by Crippen LogP contribution is 2.20. The number of rotatable bonds is 8. The van der Waals surface area contributed by atoms with Crippen LogP contribution in [0.3, 0.4) is 0 Å². The molecule has 1 heterocycles. The van der Waals surface area contributed by atoms with Crippen LogP contribution in [-0.2, 0) is 11.2 Å². The number of benzene rings is 4. The van der Waals surface area contributed by atoms with Gasteiger partial charge in [-0.25, -0.2) is 4.98 Å². The van der Waals surface area contributed by atoms with E-state index >= 15 is 0 Å². The van der Waals surface area contributed by atoms with Crippen molar-refractivity contribution in [3.05, 3.63) is 114 Å². The zero-order valence-electron chi connectivity index (χ0n) is 19.2. The average molecular weight is 463 g/mol. The molecule has 5 rings (SSSR count). The third-order valence-corrected chi connectivity index (χ3v) is 6.00. The van der Waals surface area contributed by atoms with Crippen molar-refractivity contribution in [1.82, 2.24) is 20.6 Å². The summed E-state index contributed by atoms with van der Waals surface area (Å²) in [7, 11) is 0. The number of aromatic nitrogens is 2. The number of H-pyrrole nitrogens is 1. The molecule has 2 amide bonds. The average Bonchev–Trinajstić information content (AvgIpc) is 3.33. The van der Waals surface area contributed by atoms with Gasteiger partial charge in [-0.15, -0.1) is 0 Å². The Morgan fingerprint density at radius 3 is 2.40 bits per heavy atom. The molecule has 1 aromatic heterocycles. The van der Waals surface area contributed by atoms with E-state index in [9.17, 15) is 9.59 Å². The Balaban J connectivity index is 1.23. The molecule has 0 bridgehead atoms. The van der Waals surface area contributed by atoms with Crippen molar-refractivity contribution in [2.24, 2.45) is 0 Å². The summed E-state index contributed by atoms with van der Waals surface area (Å²) < 4.78 is 0. The lowest BCUT2D eigenvalue weighted by Crippen LogP contribution is -2.34. The number of aromatic amines is 1. The van der Waals surface area contributed by atoms with Crippen molar-refractivity contribution in [3.63, 3.8) is 0 Å². The maximum Gasteiger partial charge on any atom is 0.251 e. The molecule has 6 nitrogen and oxygen atoms in total. The molecular weight excluding hydrogens is 436 g/mol. The highest BCUT2D eigenvalue weighted by Gasteiger charge is 2.19. The van der Waals surface area contributed by atoms with Crippen LogP contribution in [0.4, 0.5) is 0 Å². The van der Waals surface area contributed by atoms with Crippen molar-refractivity contribution in [3.8, 4) is 0 Å². The fourth-order valence-electron chi connectivity index (χ4n) is 4.19. The Morgan fingerprint density at radius 2 is 1.57 bits per heavy atom. The lowest BCUT2D eigenvalue weighted by atomic mass is 10.1. The molecular formula is C29H26N4O2. The predicted octanol–water partition coefficient (Wildman–Crippen LogP) is 4.94. The van der Waals surface area contributed by atoms with Crippen molar-refractivity contribution >= 4 is 33.6 Å². The monoisotopic (exact) mass is 462 g/mol. The maximum atomic E-state index is 12.8. The van der Waals surface area contributed by atoms with Gasteiger partial charge in [-0.2, -0.15) is 0 Å². The lowest BCUT2D eigenvalue weighted by molar-refractivity contribution is -0.121. The number of carbonyl (C=O) groups is 2. The number of amides is 2. The summed E-state index contributed by atoms with van der Waals surface area (Å²) in [6, 6.07) is 31.0. The zero-order valence-corrected chi connectivity index (χ0v) is 19.2. The highest BCUT2D eigenvalue weighted by atomic mass is 16.2. The Kier molecular flexibility index (Phi) is 6.52. The van der Waals surface area contributed by atoms with Gasteiger partial charge in [-0.05, 0) is 47.0 Å². The van der Waals surface area contributed by atoms with E-state index in [4.69, 9.17) is 4.98 Å². The number of nitrogens with one attached hydrogen (secondary N) is 3. The van der Waals surface area contributed by atoms with Crippen LogP contribution in [0.2, 0.25) is 0 Å². The van der Waals surface area contributed by atoms with Crippen molar-refractivity contribution in [2.45, 2.75) is 18.9 Å². The minimum Gasteiger partial charge on any atom is -0.352 e. The number of hydrogen-bond acceptors (Lipinski definition) is 3. The van der Waals surface area contributed by atoms with Crippen LogP contribution >= 0.6 is 0 Å². The molecule has 0 aliphatic rings. The van der Waals surface area contributed by atoms with Crippen LogP contribution in [0.5, 0.6) is 0 Å². The van der Waals surface area contributed by atoms with Crippen molar-refractivity contribution in [1.29, 1.82) is 0 Å². The first kappa shape index (κ1) is 22.3. The number of fused-ring (bicyclic) bond motifs is 2. The summed E-state index contributed by atoms with van der Waals surface area (Å²) in [6.45, 7) is 0.246. The van der Waals surface area contributed by atoms with Crippen LogP contribution in [-0.4, -0.2) is 28.3 Å². The van der Waals surface area contributed by atoms with Gasteiger partial charge in [0.05, 0.1) is 17.1 Å². The molecule has 5 aromatic rings. The first-order valence-electron chi connectivity index (χ1n) is 11.7. The smallest absolute Gasteiger partial charge is 0.251 e. The van der Waals surface area contributed by atoms with Crippen molar-refractivity contribution < 1.29 is 9.59 Å². The molecule has 3 N–H and O–H groups in total. The molecule has 0 radical (unpaired) electrons. The standard InChI is InChI=1S/C29H26N4O2/c34-27(16-17-30-29(35)23-15-14-21-10-4-5-11-22(21)19-23)31-26(18-20-8-2-1-3-9-20)28-32-24-12-6-7-13-25(24)33-28/h1-15,19,26H,16-18H2,(H,30,35)(H,31,34)(H,32,33)/t26-/m0/s1. The zero-order chi connectivity index (χ0) is 24.0. The van der Waals surface area contributed by atoms with Crippen LogP contribution in [0.15, 0.2) is 97.1 Å². The number of nitrogens with zero attached hydrogens (tertiary/aromatic N) is 1. The van der Waals surface area contributed by atoms with Gasteiger partial charge in [0.15, 0.2) is 0 Å². The summed E-state index contributed by atoms with van der Waals surface area (Å²) in [6.07, 6.45) is 0.778. The molecule has 6 heteroatoms. The Morgan fingerprint density at radius 1 is 0.829 bits per heavy atom. The van der Waals surface area contributed by atoms with Gasteiger partial charge in [0.25, 0.3) is 5.91 Å². The second kappa shape index (κ2) is 10.2. The van der Waals surface area contributed by atoms with E-state index in [-0.39, 0.29) is 30.8 Å². The second-order valence-electron chi connectivity index (χ2n) is 8.52. The summed E-state index contributed by atoms with van der Waals surface area (Å²) in [4.78, 5) is 33.4. The molecule has 4 aromatic carbocycles. The summed E-state index contributed by atoms with van der Waals surface area (Å²) >= 11 is 0. The van der Waals surface area contributed by atoms with E-state index in [1.165, 1.54) is 0 Å². The lowest BCUT2D eigenvalue weighted by Gasteiger charge is -2.17. The molecule has 1 atom stereocenters. The Hall–Kier alpha value is -4.45. The summed E-state index contributed by atoms with van der Waals surface area (Å²) in [5, 5.41) is 8.04. The molecule has 0 fully saturated rings. The van der Waals surface area contributed by atoms with Gasteiger partial charge in [-0.1, -0.05) is 72.8 Å². The molecule has 0 spiro atoms. The summed E-state index contributed by atoms with van der Waals surface area (Å²) in [5.41, 5.74) is 3.46. The topological polar surface area (TPSA) is 86.9 Å². The van der Waals surface area contributed by atoms with Crippen LogP contribution in [0.1, 0.15) is 34.2 Å². The molecule has 174 valence electrons. The molecule has 0 saturated carbocycles. The fourth-order valence-corrected chi connectivity index (χ4v) is 4.19. The highest BCUT2D eigenvalue weighted by molar-refractivity contribution is 5.98. The molecule has 0 saturated heterocycles. The molecule has 0 aliphatic carbocycles. The predicted molar refractivity (Wildman–Crippen MR) is 138 cm³/mol. The second-order valence-corrected chi connectivity index (χ2v) is 8.52. The number of para-hydroxylation sites is 2.